The zero-order valence-corrected chi connectivity index (χ0v) is 18.0. The fourth-order valence-electron chi connectivity index (χ4n) is 3.68. The van der Waals surface area contributed by atoms with E-state index < -0.39 is 24.3 Å². The lowest BCUT2D eigenvalue weighted by Crippen LogP contribution is -2.28. The van der Waals surface area contributed by atoms with E-state index in [1.165, 1.54) is 11.8 Å². The first-order valence-electron chi connectivity index (χ1n) is 10.1. The molecule has 1 unspecified atom stereocenters. The van der Waals surface area contributed by atoms with Crippen molar-refractivity contribution in [1.82, 2.24) is 0 Å². The van der Waals surface area contributed by atoms with Crippen molar-refractivity contribution in [2.75, 3.05) is 12.4 Å². The predicted molar refractivity (Wildman–Crippen MR) is 115 cm³/mol. The molecule has 0 amide bonds. The van der Waals surface area contributed by atoms with Crippen molar-refractivity contribution in [3.8, 4) is 5.75 Å². The van der Waals surface area contributed by atoms with Crippen LogP contribution in [0, 0.1) is 5.92 Å². The number of carboxylic acids is 1. The van der Waals surface area contributed by atoms with Gasteiger partial charge in [0, 0.05) is 28.9 Å². The first kappa shape index (κ1) is 24.3. The fourth-order valence-corrected chi connectivity index (χ4v) is 5.30. The lowest BCUT2D eigenvalue weighted by atomic mass is 9.97. The fraction of sp³-hybridized carbons (Fsp3) is 0.667. The topological polar surface area (TPSA) is 107 Å². The van der Waals surface area contributed by atoms with Gasteiger partial charge in [-0.3, -0.25) is 4.79 Å². The number of carbonyl (C=O) groups is 1. The van der Waals surface area contributed by atoms with Gasteiger partial charge in [0.15, 0.2) is 0 Å². The summed E-state index contributed by atoms with van der Waals surface area (Å²) in [5.74, 6) is 0.215. The van der Waals surface area contributed by atoms with Crippen LogP contribution in [0.15, 0.2) is 24.3 Å². The molecule has 0 spiro atoms. The van der Waals surface area contributed by atoms with Crippen LogP contribution < -0.4 is 4.74 Å². The van der Waals surface area contributed by atoms with Gasteiger partial charge in [-0.2, -0.15) is 11.8 Å². The molecule has 0 aliphatic heterocycles. The Kier molecular flexibility index (Phi) is 10.6. The van der Waals surface area contributed by atoms with Gasteiger partial charge in [-0.1, -0.05) is 36.9 Å². The van der Waals surface area contributed by atoms with E-state index in [1.807, 2.05) is 0 Å². The Balaban J connectivity index is 1.71. The summed E-state index contributed by atoms with van der Waals surface area (Å²) in [5.41, 5.74) is 0. The molecule has 0 saturated heterocycles. The number of ether oxygens (including phenoxy) is 1. The van der Waals surface area contributed by atoms with Crippen molar-refractivity contribution >= 4 is 29.3 Å². The molecule has 5 atom stereocenters. The van der Waals surface area contributed by atoms with Gasteiger partial charge in [-0.25, -0.2) is 0 Å². The summed E-state index contributed by atoms with van der Waals surface area (Å²) in [6.07, 6.45) is 2.85. The molecule has 0 heterocycles. The Morgan fingerprint density at radius 1 is 1.21 bits per heavy atom. The van der Waals surface area contributed by atoms with E-state index in [4.69, 9.17) is 21.4 Å². The van der Waals surface area contributed by atoms with Crippen molar-refractivity contribution < 1.29 is 30.0 Å². The maximum Gasteiger partial charge on any atom is 0.303 e. The third-order valence-corrected chi connectivity index (χ3v) is 7.04. The Morgan fingerprint density at radius 3 is 2.69 bits per heavy atom. The summed E-state index contributed by atoms with van der Waals surface area (Å²) in [7, 11) is 0. The lowest BCUT2D eigenvalue weighted by Gasteiger charge is -2.24. The second-order valence-electron chi connectivity index (χ2n) is 7.60. The Bertz CT molecular complexity index is 631. The molecule has 1 saturated carbocycles. The van der Waals surface area contributed by atoms with Gasteiger partial charge in [-0.15, -0.1) is 0 Å². The molecule has 2 rings (SSSR count). The first-order valence-corrected chi connectivity index (χ1v) is 11.6. The van der Waals surface area contributed by atoms with E-state index in [-0.39, 0.29) is 24.2 Å². The molecule has 29 heavy (non-hydrogen) atoms. The van der Waals surface area contributed by atoms with E-state index in [9.17, 15) is 20.1 Å². The number of hydrogen-bond donors (Lipinski definition) is 4. The quantitative estimate of drug-likeness (QED) is 0.344. The number of unbranched alkanes of at least 4 members (excludes halogenated alkanes) is 3. The van der Waals surface area contributed by atoms with Crippen LogP contribution in [0.1, 0.15) is 44.9 Å². The maximum atomic E-state index is 10.5. The van der Waals surface area contributed by atoms with Crippen molar-refractivity contribution in [3.05, 3.63) is 29.3 Å². The van der Waals surface area contributed by atoms with Crippen LogP contribution in [0.2, 0.25) is 5.02 Å². The van der Waals surface area contributed by atoms with Crippen LogP contribution in [-0.4, -0.2) is 62.3 Å². The number of aliphatic hydroxyl groups is 3. The average molecular weight is 447 g/mol. The molecular weight excluding hydrogens is 416 g/mol. The third-order valence-electron chi connectivity index (χ3n) is 5.18. The van der Waals surface area contributed by atoms with E-state index in [1.54, 1.807) is 24.3 Å². The number of carboxylic acid groups (broad SMARTS) is 1. The standard InChI is InChI=1S/C21H31ClO6S/c22-14-6-5-7-16(10-14)28-12-15(23)13-29-21-17(18(24)11-19(21)25)8-3-1-2-4-9-20(26)27/h5-7,10,15,17-19,21,23-25H,1-4,8-9,11-13H2,(H,26,27)/t15?,17-,18-,19+,21+/m0/s1. The number of hydrogen-bond acceptors (Lipinski definition) is 6. The summed E-state index contributed by atoms with van der Waals surface area (Å²) in [4.78, 5) is 10.5. The predicted octanol–water partition coefficient (Wildman–Crippen LogP) is 3.35. The van der Waals surface area contributed by atoms with E-state index >= 15 is 0 Å². The smallest absolute Gasteiger partial charge is 0.303 e. The number of halogens is 1. The van der Waals surface area contributed by atoms with Gasteiger partial charge in [0.1, 0.15) is 12.4 Å². The molecule has 1 fully saturated rings. The minimum Gasteiger partial charge on any atom is -0.491 e. The molecule has 1 aromatic rings. The number of aliphatic carboxylic acids is 1. The number of thioether (sulfide) groups is 1. The van der Waals surface area contributed by atoms with E-state index in [0.29, 0.717) is 29.4 Å². The third kappa shape index (κ3) is 8.72. The molecule has 6 nitrogen and oxygen atoms in total. The number of rotatable bonds is 13. The van der Waals surface area contributed by atoms with E-state index in [2.05, 4.69) is 0 Å². The zero-order valence-electron chi connectivity index (χ0n) is 16.5. The van der Waals surface area contributed by atoms with E-state index in [0.717, 1.165) is 25.7 Å². The maximum absolute atomic E-state index is 10.5. The van der Waals surface area contributed by atoms with Crippen LogP contribution in [0.5, 0.6) is 5.75 Å². The molecule has 0 radical (unpaired) electrons. The summed E-state index contributed by atoms with van der Waals surface area (Å²) in [6.45, 7) is 0.132. The van der Waals surface area contributed by atoms with Gasteiger partial charge in [0.2, 0.25) is 0 Å². The Morgan fingerprint density at radius 2 is 1.97 bits per heavy atom. The summed E-state index contributed by atoms with van der Waals surface area (Å²) in [5, 5.41) is 39.9. The summed E-state index contributed by atoms with van der Waals surface area (Å²) < 4.78 is 5.56. The normalized spacial score (nSPS) is 25.1. The van der Waals surface area contributed by atoms with Gasteiger partial charge >= 0.3 is 5.97 Å². The minimum atomic E-state index is -0.770. The summed E-state index contributed by atoms with van der Waals surface area (Å²) >= 11 is 7.39. The highest BCUT2D eigenvalue weighted by Gasteiger charge is 2.41. The number of benzene rings is 1. The van der Waals surface area contributed by atoms with Crippen LogP contribution in [0.4, 0.5) is 0 Å². The molecule has 1 aromatic carbocycles. The van der Waals surface area contributed by atoms with Crippen LogP contribution >= 0.6 is 23.4 Å². The van der Waals surface area contributed by atoms with Crippen LogP contribution in [0.25, 0.3) is 0 Å². The van der Waals surface area contributed by atoms with Gasteiger partial charge < -0.3 is 25.2 Å². The Labute approximate surface area is 181 Å². The zero-order chi connectivity index (χ0) is 21.2. The Hall–Kier alpha value is -0.990. The van der Waals surface area contributed by atoms with Gasteiger partial charge in [-0.05, 0) is 37.0 Å². The molecule has 8 heteroatoms. The van der Waals surface area contributed by atoms with Crippen molar-refractivity contribution in [2.24, 2.45) is 5.92 Å². The first-order chi connectivity index (χ1) is 13.9. The lowest BCUT2D eigenvalue weighted by molar-refractivity contribution is -0.137. The second-order valence-corrected chi connectivity index (χ2v) is 9.25. The second kappa shape index (κ2) is 12.6. The summed E-state index contributed by atoms with van der Waals surface area (Å²) in [6, 6.07) is 6.99. The van der Waals surface area contributed by atoms with Gasteiger partial charge in [0.25, 0.3) is 0 Å². The molecule has 0 bridgehead atoms. The largest absolute Gasteiger partial charge is 0.491 e. The number of aliphatic hydroxyl groups excluding tert-OH is 3. The highest BCUT2D eigenvalue weighted by molar-refractivity contribution is 8.00. The minimum absolute atomic E-state index is 0.0180. The molecular formula is C21H31ClO6S. The monoisotopic (exact) mass is 446 g/mol. The molecule has 4 N–H and O–H groups in total. The average Bonchev–Trinajstić information content (AvgIpc) is 2.93. The molecule has 0 aromatic heterocycles. The highest BCUT2D eigenvalue weighted by atomic mass is 35.5. The van der Waals surface area contributed by atoms with Crippen molar-refractivity contribution in [2.45, 2.75) is 68.5 Å². The molecule has 1 aliphatic carbocycles. The van der Waals surface area contributed by atoms with Gasteiger partial charge in [0.05, 0.1) is 18.3 Å². The molecule has 1 aliphatic rings. The van der Waals surface area contributed by atoms with Crippen LogP contribution in [0.3, 0.4) is 0 Å². The van der Waals surface area contributed by atoms with Crippen LogP contribution in [-0.2, 0) is 4.79 Å². The SMILES string of the molecule is O=C(O)CCCCCC[C@@H]1[C@@H](SCC(O)COc2cccc(Cl)c2)[C@H](O)C[C@@H]1O. The van der Waals surface area contributed by atoms with Crippen molar-refractivity contribution in [1.29, 1.82) is 0 Å². The highest BCUT2D eigenvalue weighted by Crippen LogP contribution is 2.39. The van der Waals surface area contributed by atoms with Crippen molar-refractivity contribution in [3.63, 3.8) is 0 Å². The molecule has 164 valence electrons.